The molecule has 138 valence electrons. The number of nitro groups is 1. The van der Waals surface area contributed by atoms with Gasteiger partial charge in [0.15, 0.2) is 11.5 Å². The summed E-state index contributed by atoms with van der Waals surface area (Å²) in [5, 5.41) is 15.0. The second-order valence-electron chi connectivity index (χ2n) is 6.22. The molecule has 2 aromatic rings. The van der Waals surface area contributed by atoms with Gasteiger partial charge in [-0.15, -0.1) is 0 Å². The molecule has 7 nitrogen and oxygen atoms in total. The van der Waals surface area contributed by atoms with Gasteiger partial charge in [0, 0.05) is 30.9 Å². The second-order valence-corrected chi connectivity index (χ2v) is 6.22. The normalized spacial score (nSPS) is 14.8. The molecule has 1 saturated heterocycles. The van der Waals surface area contributed by atoms with Gasteiger partial charge in [-0.25, -0.2) is 0 Å². The Morgan fingerprint density at radius 2 is 1.69 bits per heavy atom. The summed E-state index contributed by atoms with van der Waals surface area (Å²) in [6.07, 6.45) is 1.81. The van der Waals surface area contributed by atoms with Crippen molar-refractivity contribution in [1.29, 1.82) is 0 Å². The Kier molecular flexibility index (Phi) is 5.46. The zero-order chi connectivity index (χ0) is 18.5. The summed E-state index contributed by atoms with van der Waals surface area (Å²) in [5.74, 6) is 0.862. The summed E-state index contributed by atoms with van der Waals surface area (Å²) in [5.41, 5.74) is 1.71. The van der Waals surface area contributed by atoms with E-state index in [2.05, 4.69) is 5.32 Å². The molecule has 3 rings (SSSR count). The van der Waals surface area contributed by atoms with E-state index >= 15 is 0 Å². The lowest BCUT2D eigenvalue weighted by Gasteiger charge is -2.34. The van der Waals surface area contributed by atoms with E-state index in [1.165, 1.54) is 20.3 Å². The standard InChI is InChI=1S/C19H23N3O4/c1-25-18-12-16(17(22(23)24)13-19(18)26-2)21-10-8-15(9-11-21)20-14-6-4-3-5-7-14/h3-7,12-13,15,20H,8-11H2,1-2H3. The maximum absolute atomic E-state index is 11.5. The van der Waals surface area contributed by atoms with E-state index in [0.29, 0.717) is 23.2 Å². The number of methoxy groups -OCH3 is 2. The number of anilines is 2. The SMILES string of the molecule is COc1cc(N2CCC(Nc3ccccc3)CC2)c([N+](=O)[O-])cc1OC. The first kappa shape index (κ1) is 17.8. The summed E-state index contributed by atoms with van der Waals surface area (Å²) in [4.78, 5) is 13.2. The number of rotatable bonds is 6. The molecule has 0 unspecified atom stereocenters. The highest BCUT2D eigenvalue weighted by atomic mass is 16.6. The van der Waals surface area contributed by atoms with Gasteiger partial charge in [0.25, 0.3) is 5.69 Å². The van der Waals surface area contributed by atoms with Crippen LogP contribution in [0.3, 0.4) is 0 Å². The Morgan fingerprint density at radius 1 is 1.08 bits per heavy atom. The number of nitro benzene ring substituents is 1. The number of para-hydroxylation sites is 1. The maximum Gasteiger partial charge on any atom is 0.296 e. The molecule has 26 heavy (non-hydrogen) atoms. The molecule has 1 aliphatic rings. The first-order valence-corrected chi connectivity index (χ1v) is 8.59. The third-order valence-electron chi connectivity index (χ3n) is 4.66. The van der Waals surface area contributed by atoms with Crippen LogP contribution in [0.15, 0.2) is 42.5 Å². The van der Waals surface area contributed by atoms with E-state index in [9.17, 15) is 10.1 Å². The molecule has 1 aliphatic heterocycles. The van der Waals surface area contributed by atoms with Crippen LogP contribution in [0.1, 0.15) is 12.8 Å². The van der Waals surface area contributed by atoms with Gasteiger partial charge in [-0.05, 0) is 25.0 Å². The Balaban J connectivity index is 1.75. The molecule has 0 amide bonds. The zero-order valence-corrected chi connectivity index (χ0v) is 15.0. The van der Waals surface area contributed by atoms with Gasteiger partial charge >= 0.3 is 0 Å². The quantitative estimate of drug-likeness (QED) is 0.627. The molecule has 0 saturated carbocycles. The molecule has 7 heteroatoms. The molecule has 0 bridgehead atoms. The Hall–Kier alpha value is -2.96. The first-order chi connectivity index (χ1) is 12.6. The van der Waals surface area contributed by atoms with Crippen LogP contribution < -0.4 is 19.7 Å². The summed E-state index contributed by atoms with van der Waals surface area (Å²) in [6.45, 7) is 1.47. The van der Waals surface area contributed by atoms with Crippen LogP contribution in [-0.4, -0.2) is 38.3 Å². The number of nitrogens with zero attached hydrogens (tertiary/aromatic N) is 2. The highest BCUT2D eigenvalue weighted by Gasteiger charge is 2.27. The van der Waals surface area contributed by atoms with Gasteiger partial charge in [0.2, 0.25) is 0 Å². The van der Waals surface area contributed by atoms with E-state index in [-0.39, 0.29) is 10.6 Å². The zero-order valence-electron chi connectivity index (χ0n) is 15.0. The predicted octanol–water partition coefficient (Wildman–Crippen LogP) is 3.69. The Labute approximate surface area is 152 Å². The third kappa shape index (κ3) is 3.82. The highest BCUT2D eigenvalue weighted by molar-refractivity contribution is 5.70. The second kappa shape index (κ2) is 7.95. The molecular weight excluding hydrogens is 334 g/mol. The van der Waals surface area contributed by atoms with Crippen LogP contribution in [0.4, 0.5) is 17.1 Å². The van der Waals surface area contributed by atoms with Gasteiger partial charge < -0.3 is 19.7 Å². The van der Waals surface area contributed by atoms with Crippen molar-refractivity contribution in [3.8, 4) is 11.5 Å². The smallest absolute Gasteiger partial charge is 0.296 e. The van der Waals surface area contributed by atoms with E-state index < -0.39 is 0 Å². The molecule has 1 heterocycles. The van der Waals surface area contributed by atoms with Gasteiger partial charge in [0.1, 0.15) is 5.69 Å². The minimum Gasteiger partial charge on any atom is -0.493 e. The van der Waals surface area contributed by atoms with Crippen molar-refractivity contribution in [2.75, 3.05) is 37.5 Å². The average molecular weight is 357 g/mol. The van der Waals surface area contributed by atoms with Crippen LogP contribution >= 0.6 is 0 Å². The molecular formula is C19H23N3O4. The van der Waals surface area contributed by atoms with E-state index in [1.807, 2.05) is 35.2 Å². The summed E-state index contributed by atoms with van der Waals surface area (Å²) >= 11 is 0. The lowest BCUT2D eigenvalue weighted by atomic mass is 10.0. The first-order valence-electron chi connectivity index (χ1n) is 8.59. The maximum atomic E-state index is 11.5. The molecule has 0 radical (unpaired) electrons. The molecule has 0 aliphatic carbocycles. The predicted molar refractivity (Wildman–Crippen MR) is 102 cm³/mol. The largest absolute Gasteiger partial charge is 0.493 e. The van der Waals surface area contributed by atoms with E-state index in [4.69, 9.17) is 9.47 Å². The fourth-order valence-corrected chi connectivity index (χ4v) is 3.29. The van der Waals surface area contributed by atoms with Gasteiger partial charge in [0.05, 0.1) is 25.2 Å². The van der Waals surface area contributed by atoms with Gasteiger partial charge in [-0.2, -0.15) is 0 Å². The van der Waals surface area contributed by atoms with E-state index in [1.54, 1.807) is 6.07 Å². The van der Waals surface area contributed by atoms with Crippen molar-refractivity contribution in [3.63, 3.8) is 0 Å². The topological polar surface area (TPSA) is 76.9 Å². The number of benzene rings is 2. The van der Waals surface area contributed by atoms with Crippen molar-refractivity contribution in [2.24, 2.45) is 0 Å². The summed E-state index contributed by atoms with van der Waals surface area (Å²) < 4.78 is 10.5. The van der Waals surface area contributed by atoms with E-state index in [0.717, 1.165) is 31.6 Å². The molecule has 2 aromatic carbocycles. The van der Waals surface area contributed by atoms with Crippen LogP contribution in [-0.2, 0) is 0 Å². The minimum absolute atomic E-state index is 0.0390. The fraction of sp³-hybridized carbons (Fsp3) is 0.368. The fourth-order valence-electron chi connectivity index (χ4n) is 3.29. The lowest BCUT2D eigenvalue weighted by molar-refractivity contribution is -0.384. The summed E-state index contributed by atoms with van der Waals surface area (Å²) in [6, 6.07) is 13.6. The van der Waals surface area contributed by atoms with Crippen molar-refractivity contribution in [2.45, 2.75) is 18.9 Å². The van der Waals surface area contributed by atoms with Gasteiger partial charge in [-0.3, -0.25) is 10.1 Å². The monoisotopic (exact) mass is 357 g/mol. The Morgan fingerprint density at radius 3 is 2.27 bits per heavy atom. The third-order valence-corrected chi connectivity index (χ3v) is 4.66. The van der Waals surface area contributed by atoms with Gasteiger partial charge in [-0.1, -0.05) is 18.2 Å². The van der Waals surface area contributed by atoms with Crippen molar-refractivity contribution in [3.05, 3.63) is 52.6 Å². The number of hydrogen-bond acceptors (Lipinski definition) is 6. The molecule has 1 N–H and O–H groups in total. The Bertz CT molecular complexity index is 759. The average Bonchev–Trinajstić information content (AvgIpc) is 2.68. The number of ether oxygens (including phenoxy) is 2. The molecule has 0 atom stereocenters. The summed E-state index contributed by atoms with van der Waals surface area (Å²) in [7, 11) is 3.01. The van der Waals surface area contributed by atoms with Crippen LogP contribution in [0.5, 0.6) is 11.5 Å². The number of hydrogen-bond donors (Lipinski definition) is 1. The molecule has 0 aromatic heterocycles. The van der Waals surface area contributed by atoms with Crippen LogP contribution in [0, 0.1) is 10.1 Å². The van der Waals surface area contributed by atoms with Crippen LogP contribution in [0.25, 0.3) is 0 Å². The van der Waals surface area contributed by atoms with Crippen molar-refractivity contribution >= 4 is 17.1 Å². The number of piperidine rings is 1. The molecule has 0 spiro atoms. The molecule has 1 fully saturated rings. The van der Waals surface area contributed by atoms with Crippen molar-refractivity contribution < 1.29 is 14.4 Å². The van der Waals surface area contributed by atoms with Crippen molar-refractivity contribution in [1.82, 2.24) is 0 Å². The minimum atomic E-state index is -0.369. The highest BCUT2D eigenvalue weighted by Crippen LogP contribution is 2.40. The lowest BCUT2D eigenvalue weighted by Crippen LogP contribution is -2.39. The number of nitrogens with one attached hydrogen (secondary N) is 1. The van der Waals surface area contributed by atoms with Crippen LogP contribution in [0.2, 0.25) is 0 Å².